The predicted octanol–water partition coefficient (Wildman–Crippen LogP) is -11.7. The molecular formula is C30H55NO31P2. The molecule has 5 aliphatic heterocycles. The Balaban J connectivity index is 1.42. The molecule has 5 fully saturated rings. The van der Waals surface area contributed by atoms with E-state index in [1.54, 1.807) is 0 Å². The van der Waals surface area contributed by atoms with Gasteiger partial charge in [0.15, 0.2) is 31.5 Å². The molecule has 32 nitrogen and oxygen atoms in total. The van der Waals surface area contributed by atoms with Gasteiger partial charge in [-0.15, -0.1) is 0 Å². The molecule has 5 heterocycles. The average molecular weight is 988 g/mol. The van der Waals surface area contributed by atoms with Gasteiger partial charge in [0.25, 0.3) is 0 Å². The van der Waals surface area contributed by atoms with Crippen LogP contribution in [0.3, 0.4) is 0 Å². The lowest BCUT2D eigenvalue weighted by molar-refractivity contribution is -0.396. The fourth-order valence-electron chi connectivity index (χ4n) is 7.33. The van der Waals surface area contributed by atoms with Gasteiger partial charge in [0, 0.05) is 0 Å². The molecule has 0 aromatic rings. The van der Waals surface area contributed by atoms with E-state index in [1.807, 2.05) is 0 Å². The van der Waals surface area contributed by atoms with E-state index in [0.717, 1.165) is 0 Å². The summed E-state index contributed by atoms with van der Waals surface area (Å²) in [5.41, 5.74) is 5.74. The Morgan fingerprint density at radius 1 is 0.422 bits per heavy atom. The quantitative estimate of drug-likeness (QED) is 0.0602. The van der Waals surface area contributed by atoms with Crippen LogP contribution in [-0.2, 0) is 60.8 Å². The van der Waals surface area contributed by atoms with Crippen molar-refractivity contribution < 1.29 is 152 Å². The number of phosphoric ester groups is 2. The maximum atomic E-state index is 11.9. The van der Waals surface area contributed by atoms with Crippen LogP contribution in [0, 0.1) is 0 Å². The van der Waals surface area contributed by atoms with E-state index < -0.39 is 202 Å². The summed E-state index contributed by atoms with van der Waals surface area (Å²) >= 11 is 0. The third-order valence-corrected chi connectivity index (χ3v) is 11.9. The topological polar surface area (TPSA) is 526 Å². The highest BCUT2D eigenvalue weighted by Gasteiger charge is 2.56. The van der Waals surface area contributed by atoms with Crippen molar-refractivity contribution in [1.29, 1.82) is 0 Å². The molecule has 0 spiro atoms. The lowest BCUT2D eigenvalue weighted by atomic mass is 9.96. The van der Waals surface area contributed by atoms with Gasteiger partial charge in [0.2, 0.25) is 0 Å². The summed E-state index contributed by atoms with van der Waals surface area (Å²) in [6.07, 6.45) is -48.8. The molecule has 25 atom stereocenters. The molecule has 20 N–H and O–H groups in total. The third-order valence-electron chi connectivity index (χ3n) is 10.8. The van der Waals surface area contributed by atoms with Crippen LogP contribution in [0.25, 0.3) is 0 Å². The molecule has 376 valence electrons. The first-order chi connectivity index (χ1) is 29.8. The van der Waals surface area contributed by atoms with Gasteiger partial charge in [-0.1, -0.05) is 0 Å². The summed E-state index contributed by atoms with van der Waals surface area (Å²) in [6.45, 7) is -5.13. The molecule has 0 unspecified atom stereocenters. The van der Waals surface area contributed by atoms with Crippen molar-refractivity contribution in [2.75, 3.05) is 33.0 Å². The summed E-state index contributed by atoms with van der Waals surface area (Å²) < 4.78 is 82.4. The number of aliphatic hydroxyl groups is 14. The average Bonchev–Trinajstić information content (AvgIpc) is 3.23. The smallest absolute Gasteiger partial charge is 0.394 e. The second-order valence-corrected chi connectivity index (χ2v) is 17.7. The second kappa shape index (κ2) is 22.3. The normalized spacial score (nSPS) is 48.6. The largest absolute Gasteiger partial charge is 0.470 e. The highest BCUT2D eigenvalue weighted by molar-refractivity contribution is 7.46. The van der Waals surface area contributed by atoms with E-state index in [-0.39, 0.29) is 0 Å². The van der Waals surface area contributed by atoms with Crippen molar-refractivity contribution in [3.63, 3.8) is 0 Å². The minimum absolute atomic E-state index is 0.951. The summed E-state index contributed by atoms with van der Waals surface area (Å²) in [5, 5.41) is 148. The van der Waals surface area contributed by atoms with Crippen molar-refractivity contribution in [3.8, 4) is 0 Å². The van der Waals surface area contributed by atoms with E-state index in [0.29, 0.717) is 0 Å². The number of rotatable bonds is 17. The molecular weight excluding hydrogens is 932 g/mol. The first-order valence-electron chi connectivity index (χ1n) is 19.2. The van der Waals surface area contributed by atoms with Crippen LogP contribution in [-0.4, -0.2) is 278 Å². The molecule has 0 bridgehead atoms. The Bertz CT molecular complexity index is 1560. The summed E-state index contributed by atoms with van der Waals surface area (Å²) in [7, 11) is -10.8. The molecule has 0 saturated carbocycles. The highest BCUT2D eigenvalue weighted by Crippen LogP contribution is 2.43. The third kappa shape index (κ3) is 12.5. The fraction of sp³-hybridized carbons (Fsp3) is 1.00. The molecule has 0 aromatic carbocycles. The predicted molar refractivity (Wildman–Crippen MR) is 190 cm³/mol. The van der Waals surface area contributed by atoms with E-state index >= 15 is 0 Å². The van der Waals surface area contributed by atoms with Gasteiger partial charge in [-0.05, 0) is 0 Å². The summed E-state index contributed by atoms with van der Waals surface area (Å²) in [5.74, 6) is 0. The maximum Gasteiger partial charge on any atom is 0.470 e. The van der Waals surface area contributed by atoms with Gasteiger partial charge in [-0.3, -0.25) is 9.05 Å². The molecule has 5 saturated heterocycles. The van der Waals surface area contributed by atoms with Crippen molar-refractivity contribution in [3.05, 3.63) is 0 Å². The Hall–Kier alpha value is -0.740. The first kappa shape index (κ1) is 54.2. The Morgan fingerprint density at radius 3 is 1.38 bits per heavy atom. The van der Waals surface area contributed by atoms with Gasteiger partial charge >= 0.3 is 15.6 Å². The number of hydrogen-bond donors (Lipinski definition) is 19. The zero-order chi connectivity index (χ0) is 47.7. The zero-order valence-corrected chi connectivity index (χ0v) is 34.6. The molecule has 64 heavy (non-hydrogen) atoms. The maximum absolute atomic E-state index is 11.9. The van der Waals surface area contributed by atoms with Crippen LogP contribution in [0.1, 0.15) is 0 Å². The van der Waals surface area contributed by atoms with Gasteiger partial charge in [-0.25, -0.2) is 9.13 Å². The molecule has 34 heteroatoms. The lowest BCUT2D eigenvalue weighted by Gasteiger charge is -2.49. The van der Waals surface area contributed by atoms with Gasteiger partial charge < -0.3 is 139 Å². The van der Waals surface area contributed by atoms with Crippen molar-refractivity contribution in [1.82, 2.24) is 0 Å². The Kier molecular flexibility index (Phi) is 18.9. The SMILES string of the molecule is N[C@@H]1[C@@H](O)[C@H](O[C@H]2O[C@H](CO[C@H]3O[C@H](CO)[C@@H](O)[C@H](O)[C@@H]3O[C@H]3O[C@H](COP(=O)(O)O)[C@@H](O)[C@H](O)[C@@H]3O[C@H]3O[C@H](CO)[C@@H](O)[C@@H](O)[C@@H]3O)[C@@H](O)[C@H](O)[C@@H]2OP(=O)(O)O)[C@@H](CO)O[C@@H]1O. The van der Waals surface area contributed by atoms with Crippen LogP contribution >= 0.6 is 15.6 Å². The standard InChI is InChI=1S/C30H55NO31P2/c31-11-16(39)22(8(3-34)54-26(11)45)59-30-25(62-64(49,50)51)20(43)14(37)9(57-30)4-52-28-23(18(41)13(36)7(2-33)56-28)61-29-24(19(42)15(38)10(58-29)5-53-63(46,47)48)60-27-21(44)17(40)12(35)6(1-32)55-27/h6-30,32-45H,1-5,31H2,(H2,46,47,48)(H2,49,50,51)/t6-,7-,8-,9-,10-,11-,12-,13-,14-,15-,16-,17-,18+,19+,20+,21+,22-,23+,24+,25+,26+,27-,28+,29-,30-/m1/s1. The van der Waals surface area contributed by atoms with Crippen LogP contribution < -0.4 is 5.73 Å². The molecule has 0 radical (unpaired) electrons. The van der Waals surface area contributed by atoms with E-state index in [1.165, 1.54) is 0 Å². The molecule has 0 amide bonds. The van der Waals surface area contributed by atoms with Gasteiger partial charge in [0.05, 0.1) is 39.1 Å². The zero-order valence-electron chi connectivity index (χ0n) is 32.8. The summed E-state index contributed by atoms with van der Waals surface area (Å²) in [6, 6.07) is -1.59. The summed E-state index contributed by atoms with van der Waals surface area (Å²) in [4.78, 5) is 37.6. The molecule has 0 aliphatic carbocycles. The van der Waals surface area contributed by atoms with Gasteiger partial charge in [-0.2, -0.15) is 0 Å². The first-order valence-corrected chi connectivity index (χ1v) is 22.2. The van der Waals surface area contributed by atoms with E-state index in [9.17, 15) is 100 Å². The van der Waals surface area contributed by atoms with Crippen LogP contribution in [0.5, 0.6) is 0 Å². The number of aliphatic hydroxyl groups excluding tert-OH is 14. The monoisotopic (exact) mass is 987 g/mol. The van der Waals surface area contributed by atoms with Gasteiger partial charge in [0.1, 0.15) is 116 Å². The highest BCUT2D eigenvalue weighted by atomic mass is 31.2. The van der Waals surface area contributed by atoms with Crippen molar-refractivity contribution in [2.24, 2.45) is 5.73 Å². The Morgan fingerprint density at radius 2 is 0.844 bits per heavy atom. The minimum Gasteiger partial charge on any atom is -0.394 e. The van der Waals surface area contributed by atoms with E-state index in [4.69, 9.17) is 48.4 Å². The molecule has 5 rings (SSSR count). The van der Waals surface area contributed by atoms with Crippen molar-refractivity contribution >= 4 is 15.6 Å². The Labute approximate surface area is 359 Å². The van der Waals surface area contributed by atoms with Crippen LogP contribution in [0.15, 0.2) is 0 Å². The number of hydrogen-bond acceptors (Lipinski definition) is 28. The number of phosphoric acid groups is 2. The fourth-order valence-corrected chi connectivity index (χ4v) is 8.21. The van der Waals surface area contributed by atoms with Crippen LogP contribution in [0.2, 0.25) is 0 Å². The number of ether oxygens (including phenoxy) is 9. The molecule has 0 aromatic heterocycles. The van der Waals surface area contributed by atoms with Crippen LogP contribution in [0.4, 0.5) is 0 Å². The van der Waals surface area contributed by atoms with E-state index in [2.05, 4.69) is 9.05 Å². The second-order valence-electron chi connectivity index (χ2n) is 15.3. The van der Waals surface area contributed by atoms with Crippen molar-refractivity contribution in [2.45, 2.75) is 153 Å². The minimum atomic E-state index is -5.55. The lowest BCUT2D eigenvalue weighted by Crippen LogP contribution is -2.67. The number of nitrogens with two attached hydrogens (primary N) is 1. The molecule has 5 aliphatic rings.